The van der Waals surface area contributed by atoms with Gasteiger partial charge in [0.15, 0.2) is 0 Å². The van der Waals surface area contributed by atoms with Gasteiger partial charge in [0.05, 0.1) is 19.3 Å². The Hall–Kier alpha value is -0.600. The molecule has 0 N–H and O–H groups in total. The van der Waals surface area contributed by atoms with Gasteiger partial charge in [-0.2, -0.15) is 0 Å². The Morgan fingerprint density at radius 3 is 2.92 bits per heavy atom. The quantitative estimate of drug-likeness (QED) is 0.597. The van der Waals surface area contributed by atoms with E-state index in [1.54, 1.807) is 7.11 Å². The predicted molar refractivity (Wildman–Crippen MR) is 49.1 cm³/mol. The lowest BCUT2D eigenvalue weighted by Crippen LogP contribution is -2.14. The summed E-state index contributed by atoms with van der Waals surface area (Å²) in [6.07, 6.45) is 7.64. The van der Waals surface area contributed by atoms with Gasteiger partial charge in [0.1, 0.15) is 0 Å². The first-order valence-corrected chi connectivity index (χ1v) is 4.28. The van der Waals surface area contributed by atoms with Crippen molar-refractivity contribution in [2.75, 3.05) is 20.3 Å². The van der Waals surface area contributed by atoms with Gasteiger partial charge in [-0.3, -0.25) is 0 Å². The monoisotopic (exact) mass is 168 g/mol. The first kappa shape index (κ1) is 9.49. The van der Waals surface area contributed by atoms with Crippen LogP contribution in [-0.2, 0) is 9.47 Å². The standard InChI is InChI=1S/C10H16O2/c1-9-3-5-10(6-4-9)12-8-7-11-2/h3-5,10H,6-8H2,1-2H3. The van der Waals surface area contributed by atoms with Crippen molar-refractivity contribution in [3.05, 3.63) is 23.8 Å². The van der Waals surface area contributed by atoms with E-state index in [-0.39, 0.29) is 6.10 Å². The molecule has 12 heavy (non-hydrogen) atoms. The lowest BCUT2D eigenvalue weighted by Gasteiger charge is -2.15. The fraction of sp³-hybridized carbons (Fsp3) is 0.600. The van der Waals surface area contributed by atoms with Crippen molar-refractivity contribution in [1.82, 2.24) is 0 Å². The van der Waals surface area contributed by atoms with Crippen molar-refractivity contribution in [2.24, 2.45) is 0 Å². The van der Waals surface area contributed by atoms with Gasteiger partial charge in [0.25, 0.3) is 0 Å². The molecule has 0 amide bonds. The van der Waals surface area contributed by atoms with Crippen molar-refractivity contribution < 1.29 is 9.47 Å². The molecule has 0 saturated carbocycles. The van der Waals surface area contributed by atoms with E-state index in [9.17, 15) is 0 Å². The van der Waals surface area contributed by atoms with Crippen LogP contribution in [0.25, 0.3) is 0 Å². The Labute approximate surface area is 73.9 Å². The average molecular weight is 168 g/mol. The molecule has 1 rings (SSSR count). The first-order chi connectivity index (χ1) is 5.83. The van der Waals surface area contributed by atoms with E-state index in [0.717, 1.165) is 6.42 Å². The topological polar surface area (TPSA) is 18.5 Å². The highest BCUT2D eigenvalue weighted by atomic mass is 16.5. The van der Waals surface area contributed by atoms with Crippen LogP contribution < -0.4 is 0 Å². The Balaban J connectivity index is 2.16. The SMILES string of the molecule is COCCOC1C=CC(C)=CC1. The summed E-state index contributed by atoms with van der Waals surface area (Å²) in [4.78, 5) is 0. The Morgan fingerprint density at radius 2 is 2.33 bits per heavy atom. The summed E-state index contributed by atoms with van der Waals surface area (Å²) in [6, 6.07) is 0. The molecule has 0 aromatic rings. The molecule has 0 bridgehead atoms. The molecule has 2 heteroatoms. The minimum atomic E-state index is 0.254. The summed E-state index contributed by atoms with van der Waals surface area (Å²) in [7, 11) is 1.68. The van der Waals surface area contributed by atoms with Gasteiger partial charge in [-0.15, -0.1) is 0 Å². The zero-order chi connectivity index (χ0) is 8.81. The minimum Gasteiger partial charge on any atom is -0.382 e. The molecular formula is C10H16O2. The summed E-state index contributed by atoms with van der Waals surface area (Å²) in [5.41, 5.74) is 1.32. The van der Waals surface area contributed by atoms with Gasteiger partial charge in [0.2, 0.25) is 0 Å². The number of rotatable bonds is 4. The van der Waals surface area contributed by atoms with Crippen molar-refractivity contribution in [1.29, 1.82) is 0 Å². The summed E-state index contributed by atoms with van der Waals surface area (Å²) in [6.45, 7) is 3.45. The maximum atomic E-state index is 5.52. The second-order valence-electron chi connectivity index (χ2n) is 2.95. The third-order valence-corrected chi connectivity index (χ3v) is 1.87. The summed E-state index contributed by atoms with van der Waals surface area (Å²) in [5, 5.41) is 0. The van der Waals surface area contributed by atoms with Crippen molar-refractivity contribution in [3.8, 4) is 0 Å². The van der Waals surface area contributed by atoms with E-state index < -0.39 is 0 Å². The summed E-state index contributed by atoms with van der Waals surface area (Å²) in [5.74, 6) is 0. The van der Waals surface area contributed by atoms with Crippen LogP contribution in [0.2, 0.25) is 0 Å². The second kappa shape index (κ2) is 5.12. The molecule has 0 aromatic heterocycles. The van der Waals surface area contributed by atoms with Crippen LogP contribution in [0.4, 0.5) is 0 Å². The molecule has 0 spiro atoms. The van der Waals surface area contributed by atoms with Gasteiger partial charge < -0.3 is 9.47 Å². The normalized spacial score (nSPS) is 22.5. The molecular weight excluding hydrogens is 152 g/mol. The van der Waals surface area contributed by atoms with Crippen LogP contribution in [0, 0.1) is 0 Å². The third kappa shape index (κ3) is 3.20. The van der Waals surface area contributed by atoms with Crippen LogP contribution in [0.1, 0.15) is 13.3 Å². The molecule has 0 fully saturated rings. The van der Waals surface area contributed by atoms with E-state index in [1.165, 1.54) is 5.57 Å². The molecule has 1 aliphatic carbocycles. The lowest BCUT2D eigenvalue weighted by molar-refractivity contribution is 0.0403. The number of allylic oxidation sites excluding steroid dienone is 2. The van der Waals surface area contributed by atoms with Crippen LogP contribution in [-0.4, -0.2) is 26.4 Å². The number of hydrogen-bond donors (Lipinski definition) is 0. The van der Waals surface area contributed by atoms with E-state index in [0.29, 0.717) is 13.2 Å². The molecule has 1 atom stereocenters. The van der Waals surface area contributed by atoms with Crippen LogP contribution in [0.3, 0.4) is 0 Å². The number of ether oxygens (including phenoxy) is 2. The van der Waals surface area contributed by atoms with Gasteiger partial charge in [-0.25, -0.2) is 0 Å². The zero-order valence-corrected chi connectivity index (χ0v) is 7.75. The van der Waals surface area contributed by atoms with Gasteiger partial charge in [0, 0.05) is 7.11 Å². The average Bonchev–Trinajstić information content (AvgIpc) is 2.09. The van der Waals surface area contributed by atoms with Crippen molar-refractivity contribution in [2.45, 2.75) is 19.4 Å². The highest BCUT2D eigenvalue weighted by Gasteiger charge is 2.05. The molecule has 1 aliphatic rings. The van der Waals surface area contributed by atoms with Gasteiger partial charge in [-0.1, -0.05) is 23.8 Å². The highest BCUT2D eigenvalue weighted by molar-refractivity contribution is 5.21. The molecule has 0 aliphatic heterocycles. The molecule has 2 nitrogen and oxygen atoms in total. The molecule has 0 saturated heterocycles. The van der Waals surface area contributed by atoms with E-state index in [1.807, 2.05) is 0 Å². The predicted octanol–water partition coefficient (Wildman–Crippen LogP) is 1.92. The molecule has 0 heterocycles. The number of hydrogen-bond acceptors (Lipinski definition) is 2. The Kier molecular flexibility index (Phi) is 4.05. The van der Waals surface area contributed by atoms with Gasteiger partial charge >= 0.3 is 0 Å². The fourth-order valence-corrected chi connectivity index (χ4v) is 1.11. The van der Waals surface area contributed by atoms with E-state index >= 15 is 0 Å². The second-order valence-corrected chi connectivity index (χ2v) is 2.95. The van der Waals surface area contributed by atoms with Crippen LogP contribution >= 0.6 is 0 Å². The minimum absolute atomic E-state index is 0.254. The molecule has 0 radical (unpaired) electrons. The Bertz CT molecular complexity index is 182. The van der Waals surface area contributed by atoms with Crippen molar-refractivity contribution >= 4 is 0 Å². The molecule has 0 aromatic carbocycles. The van der Waals surface area contributed by atoms with Crippen LogP contribution in [0.5, 0.6) is 0 Å². The lowest BCUT2D eigenvalue weighted by atomic mass is 10.1. The smallest absolute Gasteiger partial charge is 0.0794 e. The maximum Gasteiger partial charge on any atom is 0.0794 e. The zero-order valence-electron chi connectivity index (χ0n) is 7.75. The third-order valence-electron chi connectivity index (χ3n) is 1.87. The highest BCUT2D eigenvalue weighted by Crippen LogP contribution is 2.12. The summed E-state index contributed by atoms with van der Waals surface area (Å²) >= 11 is 0. The van der Waals surface area contributed by atoms with Gasteiger partial charge in [-0.05, 0) is 13.3 Å². The van der Waals surface area contributed by atoms with Crippen LogP contribution in [0.15, 0.2) is 23.8 Å². The maximum absolute atomic E-state index is 5.52. The first-order valence-electron chi connectivity index (χ1n) is 4.28. The fourth-order valence-electron chi connectivity index (χ4n) is 1.11. The molecule has 1 unspecified atom stereocenters. The number of methoxy groups -OCH3 is 1. The molecule has 68 valence electrons. The van der Waals surface area contributed by atoms with E-state index in [4.69, 9.17) is 9.47 Å². The Morgan fingerprint density at radius 1 is 1.50 bits per heavy atom. The van der Waals surface area contributed by atoms with E-state index in [2.05, 4.69) is 25.2 Å². The summed E-state index contributed by atoms with van der Waals surface area (Å²) < 4.78 is 10.4. The largest absolute Gasteiger partial charge is 0.382 e. The van der Waals surface area contributed by atoms with Crippen molar-refractivity contribution in [3.63, 3.8) is 0 Å².